The molecular formula is C25H38N12O5S. The van der Waals surface area contributed by atoms with Crippen LogP contribution in [0.4, 0.5) is 0 Å². The van der Waals surface area contributed by atoms with Crippen molar-refractivity contribution < 1.29 is 22.8 Å². The maximum Gasteiger partial charge on any atom is 0.312 e. The Balaban J connectivity index is 1.89. The number of nitrogens with zero attached hydrogens (tertiary/aromatic N) is 7. The molecule has 1 aromatic carbocycles. The lowest BCUT2D eigenvalue weighted by atomic mass is 10.0. The molecule has 3 unspecified atom stereocenters. The largest absolute Gasteiger partial charge is 0.390 e. The maximum absolute atomic E-state index is 13.9. The Morgan fingerprint density at radius 2 is 1.79 bits per heavy atom. The maximum atomic E-state index is 13.9. The SMILES string of the molecule is NC=NC(CCN)C1C(=O)N(CC(=O)NC(CCCN)(/N=C/N)C(=O)n2nccn2)CCN1S(=O)(=O)Cc1ccccc1. The first-order chi connectivity index (χ1) is 20.6. The van der Waals surface area contributed by atoms with Gasteiger partial charge in [-0.3, -0.25) is 19.4 Å². The summed E-state index contributed by atoms with van der Waals surface area (Å²) in [5, 5.41) is 10.2. The van der Waals surface area contributed by atoms with Crippen LogP contribution >= 0.6 is 0 Å². The van der Waals surface area contributed by atoms with E-state index in [0.717, 1.165) is 21.8 Å². The summed E-state index contributed by atoms with van der Waals surface area (Å²) >= 11 is 0. The van der Waals surface area contributed by atoms with E-state index in [0.29, 0.717) is 5.56 Å². The molecule has 17 nitrogen and oxygen atoms in total. The summed E-state index contributed by atoms with van der Waals surface area (Å²) in [6.07, 6.45) is 4.83. The summed E-state index contributed by atoms with van der Waals surface area (Å²) in [5.74, 6) is -2.56. The highest BCUT2D eigenvalue weighted by atomic mass is 32.2. The topological polar surface area (TPSA) is 263 Å². The Kier molecular flexibility index (Phi) is 11.8. The van der Waals surface area contributed by atoms with Gasteiger partial charge in [-0.1, -0.05) is 30.3 Å². The number of nitrogens with two attached hydrogens (primary N) is 4. The van der Waals surface area contributed by atoms with Gasteiger partial charge in [-0.15, -0.1) is 4.80 Å². The standard InChI is InChI=1S/C25H38N12O5S/c26-9-4-8-25(31-18-29,24(40)37-32-11-12-33-37)34-21(38)15-35-13-14-36(22(23(35)39)20(7-10-27)30-17-28)43(41,42)16-19-5-2-1-3-6-19/h1-3,5-6,11-12,17-18,20,22H,4,7-10,13-16,26-27H2,(H2,28,30)(H2,29,31)(H,34,38). The van der Waals surface area contributed by atoms with Crippen molar-refractivity contribution in [1.29, 1.82) is 0 Å². The molecule has 234 valence electrons. The zero-order chi connectivity index (χ0) is 31.5. The van der Waals surface area contributed by atoms with Crippen LogP contribution in [-0.2, 0) is 25.4 Å². The second-order valence-corrected chi connectivity index (χ2v) is 11.6. The van der Waals surface area contributed by atoms with Crippen LogP contribution in [0.15, 0.2) is 52.7 Å². The lowest BCUT2D eigenvalue weighted by molar-refractivity contribution is -0.143. The zero-order valence-corrected chi connectivity index (χ0v) is 24.4. The second-order valence-electron chi connectivity index (χ2n) is 9.70. The lowest BCUT2D eigenvalue weighted by Crippen LogP contribution is -2.64. The van der Waals surface area contributed by atoms with Crippen molar-refractivity contribution in [2.75, 3.05) is 32.7 Å². The molecular weight excluding hydrogens is 580 g/mol. The molecule has 2 heterocycles. The lowest BCUT2D eigenvalue weighted by Gasteiger charge is -2.42. The Hall–Kier alpha value is -4.26. The van der Waals surface area contributed by atoms with Gasteiger partial charge in [-0.05, 0) is 31.5 Å². The molecule has 9 N–H and O–H groups in total. The fourth-order valence-corrected chi connectivity index (χ4v) is 6.57. The van der Waals surface area contributed by atoms with Gasteiger partial charge in [0.1, 0.15) is 6.04 Å². The molecule has 1 fully saturated rings. The molecule has 1 aliphatic heterocycles. The van der Waals surface area contributed by atoms with Crippen LogP contribution in [0.25, 0.3) is 0 Å². The van der Waals surface area contributed by atoms with Gasteiger partial charge in [0.15, 0.2) is 0 Å². The number of carbonyl (C=O) groups excluding carboxylic acids is 3. The van der Waals surface area contributed by atoms with Crippen molar-refractivity contribution in [2.24, 2.45) is 32.9 Å². The van der Waals surface area contributed by atoms with Crippen molar-refractivity contribution in [3.8, 4) is 0 Å². The van der Waals surface area contributed by atoms with E-state index in [4.69, 9.17) is 22.9 Å². The molecule has 43 heavy (non-hydrogen) atoms. The number of benzene rings is 1. The number of sulfonamides is 1. The molecule has 1 aromatic heterocycles. The first-order valence-corrected chi connectivity index (χ1v) is 15.2. The molecule has 1 saturated heterocycles. The highest BCUT2D eigenvalue weighted by molar-refractivity contribution is 7.88. The molecule has 2 amide bonds. The molecule has 2 aromatic rings. The van der Waals surface area contributed by atoms with Gasteiger partial charge in [-0.2, -0.15) is 14.5 Å². The molecule has 0 aliphatic carbocycles. The van der Waals surface area contributed by atoms with Gasteiger partial charge < -0.3 is 33.2 Å². The smallest absolute Gasteiger partial charge is 0.312 e. The molecule has 0 saturated carbocycles. The predicted octanol–water partition coefficient (Wildman–Crippen LogP) is -2.80. The Morgan fingerprint density at radius 3 is 2.40 bits per heavy atom. The predicted molar refractivity (Wildman–Crippen MR) is 159 cm³/mol. The molecule has 18 heteroatoms. The normalized spacial score (nSPS) is 18.6. The Labute approximate surface area is 249 Å². The molecule has 0 bridgehead atoms. The van der Waals surface area contributed by atoms with E-state index in [9.17, 15) is 22.8 Å². The summed E-state index contributed by atoms with van der Waals surface area (Å²) in [6.45, 7) is -0.461. The van der Waals surface area contributed by atoms with Crippen LogP contribution in [-0.4, -0.2) is 113 Å². The van der Waals surface area contributed by atoms with Crippen LogP contribution in [0.2, 0.25) is 0 Å². The molecule has 3 rings (SSSR count). The van der Waals surface area contributed by atoms with E-state index in [1.54, 1.807) is 30.3 Å². The highest BCUT2D eigenvalue weighted by Gasteiger charge is 2.46. The minimum Gasteiger partial charge on any atom is -0.390 e. The van der Waals surface area contributed by atoms with E-state index in [2.05, 4.69) is 25.5 Å². The first-order valence-electron chi connectivity index (χ1n) is 13.6. The number of hydrogen-bond donors (Lipinski definition) is 5. The average molecular weight is 619 g/mol. The number of hydrogen-bond acceptors (Lipinski definition) is 11. The summed E-state index contributed by atoms with van der Waals surface area (Å²) in [7, 11) is -4.01. The third-order valence-corrected chi connectivity index (χ3v) is 8.61. The van der Waals surface area contributed by atoms with Crippen molar-refractivity contribution in [3.63, 3.8) is 0 Å². The van der Waals surface area contributed by atoms with Crippen LogP contribution in [0, 0.1) is 0 Å². The molecule has 3 atom stereocenters. The minimum absolute atomic E-state index is 0.0326. The molecule has 1 aliphatic rings. The van der Waals surface area contributed by atoms with Gasteiger partial charge in [0, 0.05) is 19.5 Å². The van der Waals surface area contributed by atoms with Gasteiger partial charge in [0.25, 0.3) is 0 Å². The van der Waals surface area contributed by atoms with Crippen molar-refractivity contribution >= 4 is 40.4 Å². The minimum atomic E-state index is -4.01. The van der Waals surface area contributed by atoms with E-state index >= 15 is 0 Å². The number of carbonyl (C=O) groups is 3. The molecule has 0 radical (unpaired) electrons. The van der Waals surface area contributed by atoms with E-state index in [-0.39, 0.29) is 51.2 Å². The Bertz CT molecular complexity index is 1390. The third kappa shape index (κ3) is 8.19. The number of aromatic nitrogens is 3. The number of piperazine rings is 1. The first kappa shape index (κ1) is 33.2. The van der Waals surface area contributed by atoms with Gasteiger partial charge in [0.05, 0.1) is 43.4 Å². The van der Waals surface area contributed by atoms with E-state index in [1.807, 2.05) is 0 Å². The van der Waals surface area contributed by atoms with Gasteiger partial charge in [0.2, 0.25) is 27.5 Å². The fourth-order valence-electron chi connectivity index (χ4n) is 4.86. The summed E-state index contributed by atoms with van der Waals surface area (Å²) < 4.78 is 28.2. The Morgan fingerprint density at radius 1 is 1.09 bits per heavy atom. The summed E-state index contributed by atoms with van der Waals surface area (Å²) in [4.78, 5) is 50.7. The van der Waals surface area contributed by atoms with E-state index < -0.39 is 52.0 Å². The van der Waals surface area contributed by atoms with E-state index in [1.165, 1.54) is 17.3 Å². The van der Waals surface area contributed by atoms with Crippen LogP contribution in [0.3, 0.4) is 0 Å². The van der Waals surface area contributed by atoms with Crippen molar-refractivity contribution in [3.05, 3.63) is 48.3 Å². The highest BCUT2D eigenvalue weighted by Crippen LogP contribution is 2.25. The average Bonchev–Trinajstić information content (AvgIpc) is 3.52. The van der Waals surface area contributed by atoms with Crippen LogP contribution < -0.4 is 28.3 Å². The second kappa shape index (κ2) is 15.3. The quantitative estimate of drug-likeness (QED) is 0.101. The van der Waals surface area contributed by atoms with Crippen molar-refractivity contribution in [2.45, 2.75) is 42.8 Å². The number of rotatable bonds is 15. The monoisotopic (exact) mass is 618 g/mol. The number of nitrogens with one attached hydrogen (secondary N) is 1. The third-order valence-electron chi connectivity index (χ3n) is 6.79. The zero-order valence-electron chi connectivity index (χ0n) is 23.6. The molecule has 0 spiro atoms. The number of amides is 2. The summed E-state index contributed by atoms with van der Waals surface area (Å²) in [6, 6.07) is 6.33. The van der Waals surface area contributed by atoms with Gasteiger partial charge >= 0.3 is 5.91 Å². The van der Waals surface area contributed by atoms with Gasteiger partial charge in [-0.25, -0.2) is 13.4 Å². The fraction of sp³-hybridized carbons (Fsp3) is 0.480. The van der Waals surface area contributed by atoms with Crippen LogP contribution in [0.1, 0.15) is 29.6 Å². The van der Waals surface area contributed by atoms with Crippen molar-refractivity contribution in [1.82, 2.24) is 29.5 Å². The van der Waals surface area contributed by atoms with Crippen LogP contribution in [0.5, 0.6) is 0 Å². The number of aliphatic imine (C=N–C) groups is 2. The summed E-state index contributed by atoms with van der Waals surface area (Å²) in [5.41, 5.74) is 21.1.